The predicted octanol–water partition coefficient (Wildman–Crippen LogP) is 5.64. The van der Waals surface area contributed by atoms with Crippen LogP contribution in [0.3, 0.4) is 0 Å². The maximum atomic E-state index is 4.73. The average molecular weight is 493 g/mol. The molecule has 1 aromatic carbocycles. The summed E-state index contributed by atoms with van der Waals surface area (Å²) in [7, 11) is 0. The molecular formula is C25H29BrN6. The van der Waals surface area contributed by atoms with Crippen molar-refractivity contribution in [3.05, 3.63) is 84.3 Å². The van der Waals surface area contributed by atoms with Crippen LogP contribution in [-0.2, 0) is 0 Å². The molecule has 0 saturated carbocycles. The number of hydrogen-bond acceptors (Lipinski definition) is 5. The number of rotatable bonds is 7. The first-order valence-corrected chi connectivity index (χ1v) is 11.7. The van der Waals surface area contributed by atoms with Crippen molar-refractivity contribution in [1.29, 1.82) is 0 Å². The van der Waals surface area contributed by atoms with Crippen LogP contribution in [-0.4, -0.2) is 39.3 Å². The third kappa shape index (κ3) is 6.17. The van der Waals surface area contributed by atoms with E-state index in [1.165, 1.54) is 0 Å². The highest BCUT2D eigenvalue weighted by Gasteiger charge is 2.14. The van der Waals surface area contributed by atoms with Crippen LogP contribution in [0.2, 0.25) is 0 Å². The molecule has 0 bridgehead atoms. The summed E-state index contributed by atoms with van der Waals surface area (Å²) in [6, 6.07) is 8.09. The van der Waals surface area contributed by atoms with Crippen molar-refractivity contribution in [3.63, 3.8) is 0 Å². The summed E-state index contributed by atoms with van der Waals surface area (Å²) in [6.07, 6.45) is 15.0. The van der Waals surface area contributed by atoms with Crippen LogP contribution in [0, 0.1) is 0 Å². The number of para-hydroxylation sites is 1. The molecule has 0 saturated heterocycles. The van der Waals surface area contributed by atoms with E-state index in [0.29, 0.717) is 17.2 Å². The molecule has 1 aromatic heterocycles. The molecule has 2 heterocycles. The molecule has 32 heavy (non-hydrogen) atoms. The number of allylic oxidation sites excluding steroid dienone is 6. The average Bonchev–Trinajstić information content (AvgIpc) is 3.52. The van der Waals surface area contributed by atoms with Gasteiger partial charge in [-0.3, -0.25) is 5.10 Å². The van der Waals surface area contributed by atoms with Crippen LogP contribution < -0.4 is 10.7 Å². The van der Waals surface area contributed by atoms with Crippen molar-refractivity contribution in [1.82, 2.24) is 20.6 Å². The Bertz CT molecular complexity index is 1070. The van der Waals surface area contributed by atoms with Crippen LogP contribution in [0.4, 0.5) is 5.69 Å². The maximum absolute atomic E-state index is 4.73. The van der Waals surface area contributed by atoms with Crippen LogP contribution in [0.25, 0.3) is 17.0 Å². The molecular weight excluding hydrogens is 464 g/mol. The minimum Gasteiger partial charge on any atom is -0.380 e. The number of benzene rings is 1. The first-order valence-electron chi connectivity index (χ1n) is 10.8. The van der Waals surface area contributed by atoms with Gasteiger partial charge in [-0.05, 0) is 29.7 Å². The maximum Gasteiger partial charge on any atom is 0.181 e. The predicted molar refractivity (Wildman–Crippen MR) is 139 cm³/mol. The van der Waals surface area contributed by atoms with Crippen molar-refractivity contribution in [3.8, 4) is 11.4 Å². The fourth-order valence-corrected chi connectivity index (χ4v) is 3.60. The third-order valence-corrected chi connectivity index (χ3v) is 5.44. The van der Waals surface area contributed by atoms with E-state index in [4.69, 9.17) is 4.98 Å². The Hall–Kier alpha value is -3.19. The lowest BCUT2D eigenvalue weighted by atomic mass is 10.1. The lowest BCUT2D eigenvalue weighted by molar-refractivity contribution is 0.855. The number of aromatic amines is 1. The number of nitrogens with one attached hydrogen (secondary N) is 3. The molecule has 166 valence electrons. The lowest BCUT2D eigenvalue weighted by Gasteiger charge is -2.11. The molecule has 0 spiro atoms. The number of H-pyrrole nitrogens is 1. The molecule has 1 aliphatic heterocycles. The molecule has 1 atom stereocenters. The Kier molecular flexibility index (Phi) is 8.80. The number of nitrogens with zero attached hydrogens (tertiary/aromatic N) is 3. The van der Waals surface area contributed by atoms with E-state index in [1.54, 1.807) is 6.08 Å². The molecule has 1 aliphatic carbocycles. The van der Waals surface area contributed by atoms with E-state index in [0.717, 1.165) is 46.8 Å². The zero-order chi connectivity index (χ0) is 22.8. The van der Waals surface area contributed by atoms with E-state index in [-0.39, 0.29) is 0 Å². The second-order valence-electron chi connectivity index (χ2n) is 6.97. The first-order chi connectivity index (χ1) is 15.7. The van der Waals surface area contributed by atoms with Crippen LogP contribution in [0.5, 0.6) is 0 Å². The number of halogens is 1. The van der Waals surface area contributed by atoms with Gasteiger partial charge in [0.25, 0.3) is 0 Å². The van der Waals surface area contributed by atoms with Gasteiger partial charge in [-0.25, -0.2) is 4.98 Å². The SMILES string of the molecule is C=C/C=C(\C=C1\C=NNC1)CNc1ccccc1-c1nc(C2=CCC(Br)C=C2)n[nH]1.CC. The number of hydrazone groups is 1. The molecule has 1 unspecified atom stereocenters. The summed E-state index contributed by atoms with van der Waals surface area (Å²) in [4.78, 5) is 5.10. The van der Waals surface area contributed by atoms with Gasteiger partial charge in [0.15, 0.2) is 11.6 Å². The fourth-order valence-electron chi connectivity index (χ4n) is 3.26. The monoisotopic (exact) mass is 492 g/mol. The summed E-state index contributed by atoms with van der Waals surface area (Å²) in [5.41, 5.74) is 8.20. The summed E-state index contributed by atoms with van der Waals surface area (Å²) in [5, 5.41) is 15.1. The second-order valence-corrected chi connectivity index (χ2v) is 8.14. The van der Waals surface area contributed by atoms with Crippen molar-refractivity contribution in [2.24, 2.45) is 5.10 Å². The van der Waals surface area contributed by atoms with Gasteiger partial charge in [-0.2, -0.15) is 10.2 Å². The van der Waals surface area contributed by atoms with Crippen molar-refractivity contribution in [2.75, 3.05) is 18.4 Å². The van der Waals surface area contributed by atoms with Gasteiger partial charge in [0.1, 0.15) is 0 Å². The molecule has 0 fully saturated rings. The van der Waals surface area contributed by atoms with E-state index >= 15 is 0 Å². The van der Waals surface area contributed by atoms with E-state index in [9.17, 15) is 0 Å². The molecule has 3 N–H and O–H groups in total. The molecule has 6 nitrogen and oxygen atoms in total. The van der Waals surface area contributed by atoms with Crippen LogP contribution in [0.1, 0.15) is 26.1 Å². The molecule has 4 rings (SSSR count). The number of anilines is 1. The fraction of sp³-hybridized carbons (Fsp3) is 0.240. The zero-order valence-corrected chi connectivity index (χ0v) is 20.1. The van der Waals surface area contributed by atoms with Gasteiger partial charge in [0, 0.05) is 28.2 Å². The third-order valence-electron chi connectivity index (χ3n) is 4.76. The van der Waals surface area contributed by atoms with Gasteiger partial charge in [0.2, 0.25) is 0 Å². The molecule has 7 heteroatoms. The minimum absolute atomic E-state index is 0.378. The summed E-state index contributed by atoms with van der Waals surface area (Å²) in [6.45, 7) is 9.22. The topological polar surface area (TPSA) is 78.0 Å². The Labute approximate surface area is 198 Å². The van der Waals surface area contributed by atoms with Crippen LogP contribution in [0.15, 0.2) is 83.5 Å². The minimum atomic E-state index is 0.378. The largest absolute Gasteiger partial charge is 0.380 e. The highest BCUT2D eigenvalue weighted by atomic mass is 79.9. The highest BCUT2D eigenvalue weighted by Crippen LogP contribution is 2.28. The standard InChI is InChI=1S/C23H23BrN6.C2H6/c1-2-5-16(12-17-14-26-27-15-17)13-25-21-7-4-3-6-20(21)23-28-22(29-30-23)18-8-10-19(24)11-9-18;1-2/h2-10,12,14,19,25,27H,1,11,13,15H2,(H,28,29,30);1-2H3/b16-5+,17-12-;. The Balaban J connectivity index is 0.00000141. The molecule has 0 amide bonds. The lowest BCUT2D eigenvalue weighted by Crippen LogP contribution is -2.07. The molecule has 2 aliphatic rings. The quantitative estimate of drug-likeness (QED) is 0.344. The van der Waals surface area contributed by atoms with Gasteiger partial charge in [0.05, 0.1) is 12.8 Å². The summed E-state index contributed by atoms with van der Waals surface area (Å²) in [5.74, 6) is 1.45. The van der Waals surface area contributed by atoms with Gasteiger partial charge in [-0.1, -0.05) is 84.9 Å². The Morgan fingerprint density at radius 3 is 2.88 bits per heavy atom. The van der Waals surface area contributed by atoms with Crippen molar-refractivity contribution >= 4 is 33.4 Å². The highest BCUT2D eigenvalue weighted by molar-refractivity contribution is 9.09. The number of hydrogen-bond donors (Lipinski definition) is 3. The number of alkyl halides is 1. The van der Waals surface area contributed by atoms with Gasteiger partial charge >= 0.3 is 0 Å². The smallest absolute Gasteiger partial charge is 0.181 e. The van der Waals surface area contributed by atoms with Crippen molar-refractivity contribution in [2.45, 2.75) is 25.1 Å². The van der Waals surface area contributed by atoms with E-state index in [1.807, 2.05) is 50.4 Å². The normalized spacial score (nSPS) is 18.6. The van der Waals surface area contributed by atoms with Gasteiger partial charge in [-0.15, -0.1) is 0 Å². The zero-order valence-electron chi connectivity index (χ0n) is 18.5. The van der Waals surface area contributed by atoms with E-state index < -0.39 is 0 Å². The molecule has 0 radical (unpaired) electrons. The summed E-state index contributed by atoms with van der Waals surface area (Å²) < 4.78 is 0. The van der Waals surface area contributed by atoms with Gasteiger partial charge < -0.3 is 10.7 Å². The second kappa shape index (κ2) is 12.0. The molecule has 2 aromatic rings. The summed E-state index contributed by atoms with van der Waals surface area (Å²) >= 11 is 3.59. The Morgan fingerprint density at radius 1 is 1.31 bits per heavy atom. The first kappa shape index (κ1) is 23.5. The van der Waals surface area contributed by atoms with Crippen molar-refractivity contribution < 1.29 is 0 Å². The Morgan fingerprint density at radius 2 is 2.16 bits per heavy atom. The number of aromatic nitrogens is 3. The van der Waals surface area contributed by atoms with E-state index in [2.05, 4.69) is 72.9 Å². The van der Waals surface area contributed by atoms with Crippen LogP contribution >= 0.6 is 15.9 Å².